The molecule has 2 aromatic rings. The van der Waals surface area contributed by atoms with Crippen LogP contribution >= 0.6 is 0 Å². The third-order valence-electron chi connectivity index (χ3n) is 1.88. The topological polar surface area (TPSA) is 80.0 Å². The number of anilines is 2. The van der Waals surface area contributed by atoms with Crippen molar-refractivity contribution in [3.8, 4) is 0 Å². The number of carbonyl (C=O) groups is 1. The van der Waals surface area contributed by atoms with Gasteiger partial charge in [-0.15, -0.1) is 0 Å². The van der Waals surface area contributed by atoms with Gasteiger partial charge in [0.15, 0.2) is 0 Å². The Hall–Kier alpha value is -2.37. The summed E-state index contributed by atoms with van der Waals surface area (Å²) in [5.74, 6) is -0.193. The summed E-state index contributed by atoms with van der Waals surface area (Å²) in [5, 5.41) is 5.35. The number of nitrogens with one attached hydrogen (secondary N) is 2. The van der Waals surface area contributed by atoms with Gasteiger partial charge in [0.1, 0.15) is 0 Å². The zero-order valence-corrected chi connectivity index (χ0v) is 8.60. The number of pyridine rings is 1. The van der Waals surface area contributed by atoms with Crippen molar-refractivity contribution in [3.05, 3.63) is 36.5 Å². The average Bonchev–Trinajstić information content (AvgIpc) is 2.79. The summed E-state index contributed by atoms with van der Waals surface area (Å²) < 4.78 is 5.12. The zero-order valence-electron chi connectivity index (χ0n) is 8.60. The molecule has 2 aromatic heterocycles. The van der Waals surface area contributed by atoms with Crippen LogP contribution in [0.15, 0.2) is 35.1 Å². The highest BCUT2D eigenvalue weighted by atomic mass is 16.4. The van der Waals surface area contributed by atoms with Gasteiger partial charge in [-0.3, -0.25) is 9.78 Å². The summed E-state index contributed by atoms with van der Waals surface area (Å²) in [6.45, 7) is 0. The molecule has 2 N–H and O–H groups in total. The van der Waals surface area contributed by atoms with Gasteiger partial charge in [0, 0.05) is 25.1 Å². The molecule has 0 unspecified atom stereocenters. The first-order chi connectivity index (χ1) is 7.79. The van der Waals surface area contributed by atoms with Crippen LogP contribution in [0, 0.1) is 0 Å². The lowest BCUT2D eigenvalue weighted by Gasteiger charge is -2.00. The monoisotopic (exact) mass is 218 g/mol. The lowest BCUT2D eigenvalue weighted by Crippen LogP contribution is -2.10. The first-order valence-electron chi connectivity index (χ1n) is 4.64. The summed E-state index contributed by atoms with van der Waals surface area (Å²) in [7, 11) is 1.66. The molecule has 0 atom stereocenters. The Kier molecular flexibility index (Phi) is 2.81. The molecule has 82 valence electrons. The van der Waals surface area contributed by atoms with Crippen molar-refractivity contribution < 1.29 is 9.21 Å². The second kappa shape index (κ2) is 4.43. The van der Waals surface area contributed by atoms with Gasteiger partial charge in [-0.25, -0.2) is 4.98 Å². The largest absolute Gasteiger partial charge is 0.418 e. The number of nitrogens with zero attached hydrogens (tertiary/aromatic N) is 2. The molecule has 0 fully saturated rings. The molecule has 0 saturated carbocycles. The van der Waals surface area contributed by atoms with E-state index in [1.807, 2.05) is 0 Å². The second-order valence-electron chi connectivity index (χ2n) is 2.97. The Morgan fingerprint density at radius 1 is 1.38 bits per heavy atom. The molecule has 16 heavy (non-hydrogen) atoms. The Morgan fingerprint density at radius 3 is 2.75 bits per heavy atom. The van der Waals surface area contributed by atoms with Gasteiger partial charge < -0.3 is 15.1 Å². The molecule has 0 aliphatic heterocycles. The number of aromatic nitrogens is 2. The predicted molar refractivity (Wildman–Crippen MR) is 58.2 cm³/mol. The molecule has 0 radical (unpaired) electrons. The standard InChI is InChI=1S/C10H10N4O2/c1-11-10-13-6-8(16-10)9(15)14-7-2-4-12-5-3-7/h2-6H,1H3,(H,11,13)(H,12,14,15). The summed E-state index contributed by atoms with van der Waals surface area (Å²) in [4.78, 5) is 19.3. The highest BCUT2D eigenvalue weighted by Crippen LogP contribution is 2.11. The molecule has 6 nitrogen and oxygen atoms in total. The van der Waals surface area contributed by atoms with Crippen molar-refractivity contribution in [2.24, 2.45) is 0 Å². The van der Waals surface area contributed by atoms with Gasteiger partial charge >= 0.3 is 0 Å². The maximum atomic E-state index is 11.7. The van der Waals surface area contributed by atoms with Crippen LogP contribution in [0.4, 0.5) is 11.7 Å². The molecule has 0 aliphatic rings. The molecule has 0 bridgehead atoms. The lowest BCUT2D eigenvalue weighted by molar-refractivity contribution is 0.0997. The van der Waals surface area contributed by atoms with Crippen LogP contribution < -0.4 is 10.6 Å². The molecular formula is C10H10N4O2. The molecule has 0 spiro atoms. The van der Waals surface area contributed by atoms with E-state index in [2.05, 4.69) is 20.6 Å². The SMILES string of the molecule is CNc1ncc(C(=O)Nc2ccncc2)o1. The van der Waals surface area contributed by atoms with Gasteiger partial charge in [-0.2, -0.15) is 0 Å². The van der Waals surface area contributed by atoms with Crippen molar-refractivity contribution in [3.63, 3.8) is 0 Å². The van der Waals surface area contributed by atoms with E-state index < -0.39 is 0 Å². The highest BCUT2D eigenvalue weighted by Gasteiger charge is 2.11. The lowest BCUT2D eigenvalue weighted by atomic mass is 10.4. The van der Waals surface area contributed by atoms with E-state index in [1.165, 1.54) is 6.20 Å². The summed E-state index contributed by atoms with van der Waals surface area (Å²) in [5.41, 5.74) is 0.655. The van der Waals surface area contributed by atoms with Crippen molar-refractivity contribution in [1.82, 2.24) is 9.97 Å². The molecule has 0 saturated heterocycles. The minimum absolute atomic E-state index is 0.154. The van der Waals surface area contributed by atoms with Crippen LogP contribution in [0.25, 0.3) is 0 Å². The highest BCUT2D eigenvalue weighted by molar-refractivity contribution is 6.02. The van der Waals surface area contributed by atoms with E-state index in [4.69, 9.17) is 4.42 Å². The summed E-state index contributed by atoms with van der Waals surface area (Å²) in [6, 6.07) is 3.68. The third-order valence-corrected chi connectivity index (χ3v) is 1.88. The van der Waals surface area contributed by atoms with Crippen molar-refractivity contribution in [2.75, 3.05) is 17.7 Å². The smallest absolute Gasteiger partial charge is 0.294 e. The number of amides is 1. The van der Waals surface area contributed by atoms with E-state index in [1.54, 1.807) is 31.6 Å². The fourth-order valence-corrected chi connectivity index (χ4v) is 1.12. The molecule has 0 aromatic carbocycles. The summed E-state index contributed by atoms with van der Waals surface area (Å²) >= 11 is 0. The Balaban J connectivity index is 2.09. The average molecular weight is 218 g/mol. The van der Waals surface area contributed by atoms with Gasteiger partial charge in [0.05, 0.1) is 6.20 Å². The van der Waals surface area contributed by atoms with Gasteiger partial charge in [-0.1, -0.05) is 0 Å². The number of hydrogen-bond acceptors (Lipinski definition) is 5. The molecular weight excluding hydrogens is 208 g/mol. The Labute approximate surface area is 91.7 Å². The number of oxazole rings is 1. The molecule has 2 rings (SSSR count). The predicted octanol–water partition coefficient (Wildman–Crippen LogP) is 1.36. The van der Waals surface area contributed by atoms with Crippen LogP contribution in [0.5, 0.6) is 0 Å². The molecule has 2 heterocycles. The number of hydrogen-bond donors (Lipinski definition) is 2. The quantitative estimate of drug-likeness (QED) is 0.813. The van der Waals surface area contributed by atoms with Gasteiger partial charge in [0.2, 0.25) is 5.76 Å². The second-order valence-corrected chi connectivity index (χ2v) is 2.97. The van der Waals surface area contributed by atoms with Crippen LogP contribution in [0.1, 0.15) is 10.6 Å². The van der Waals surface area contributed by atoms with Gasteiger partial charge in [0.25, 0.3) is 11.9 Å². The van der Waals surface area contributed by atoms with Crippen molar-refractivity contribution >= 4 is 17.6 Å². The number of rotatable bonds is 3. The maximum Gasteiger partial charge on any atom is 0.294 e. The molecule has 6 heteroatoms. The third kappa shape index (κ3) is 2.17. The first kappa shape index (κ1) is 10.2. The van der Waals surface area contributed by atoms with E-state index in [9.17, 15) is 4.79 Å². The van der Waals surface area contributed by atoms with Crippen LogP contribution in [-0.2, 0) is 0 Å². The summed E-state index contributed by atoms with van der Waals surface area (Å²) in [6.07, 6.45) is 4.55. The molecule has 0 aliphatic carbocycles. The van der Waals surface area contributed by atoms with E-state index in [0.717, 1.165) is 0 Å². The van der Waals surface area contributed by atoms with Crippen LogP contribution in [0.3, 0.4) is 0 Å². The first-order valence-corrected chi connectivity index (χ1v) is 4.64. The fraction of sp³-hybridized carbons (Fsp3) is 0.100. The van der Waals surface area contributed by atoms with Crippen molar-refractivity contribution in [1.29, 1.82) is 0 Å². The number of carbonyl (C=O) groups excluding carboxylic acids is 1. The minimum atomic E-state index is -0.347. The maximum absolute atomic E-state index is 11.7. The minimum Gasteiger partial charge on any atom is -0.418 e. The van der Waals surface area contributed by atoms with E-state index >= 15 is 0 Å². The molecule has 1 amide bonds. The van der Waals surface area contributed by atoms with E-state index in [0.29, 0.717) is 11.7 Å². The van der Waals surface area contributed by atoms with E-state index in [-0.39, 0.29) is 11.7 Å². The normalized spacial score (nSPS) is 9.81. The fourth-order valence-electron chi connectivity index (χ4n) is 1.12. The van der Waals surface area contributed by atoms with Crippen molar-refractivity contribution in [2.45, 2.75) is 0 Å². The Morgan fingerprint density at radius 2 is 2.12 bits per heavy atom. The van der Waals surface area contributed by atoms with Crippen LogP contribution in [0.2, 0.25) is 0 Å². The Bertz CT molecular complexity index is 481. The zero-order chi connectivity index (χ0) is 11.4. The van der Waals surface area contributed by atoms with Gasteiger partial charge in [-0.05, 0) is 12.1 Å². The van der Waals surface area contributed by atoms with Crippen LogP contribution in [-0.4, -0.2) is 22.9 Å².